The number of aryl methyl sites for hydroxylation is 2. The van der Waals surface area contributed by atoms with E-state index in [2.05, 4.69) is 5.32 Å². The summed E-state index contributed by atoms with van der Waals surface area (Å²) in [7, 11) is 1.62. The fraction of sp³-hybridized carbons (Fsp3) is 0.296. The van der Waals surface area contributed by atoms with Crippen LogP contribution >= 0.6 is 11.6 Å². The lowest BCUT2D eigenvalue weighted by atomic mass is 9.89. The van der Waals surface area contributed by atoms with E-state index in [-0.39, 0.29) is 19.0 Å². The van der Waals surface area contributed by atoms with Crippen LogP contribution in [-0.2, 0) is 34.5 Å². The number of likely N-dealkylation sites (N-methyl/N-ethyl adjacent to an activating group) is 1. The van der Waals surface area contributed by atoms with Gasteiger partial charge in [0, 0.05) is 17.6 Å². The van der Waals surface area contributed by atoms with E-state index in [0.29, 0.717) is 16.5 Å². The van der Waals surface area contributed by atoms with E-state index in [0.717, 1.165) is 35.3 Å². The summed E-state index contributed by atoms with van der Waals surface area (Å²) >= 11 is 5.94. The van der Waals surface area contributed by atoms with Crippen LogP contribution < -0.4 is 5.32 Å². The zero-order chi connectivity index (χ0) is 24.7. The number of furan rings is 1. The second-order valence-electron chi connectivity index (χ2n) is 9.31. The number of amides is 4. The summed E-state index contributed by atoms with van der Waals surface area (Å²) in [4.78, 5) is 41.3. The SMILES string of the molecule is CN(Cc1ccc(-c2ccc(Cl)cc2)o1)C(=O)CN1C(=O)N[C@@](C)(c2ccc3c(c2)CCC3)C1=O. The van der Waals surface area contributed by atoms with Gasteiger partial charge in [0.25, 0.3) is 5.91 Å². The van der Waals surface area contributed by atoms with Gasteiger partial charge in [-0.2, -0.15) is 0 Å². The Labute approximate surface area is 208 Å². The molecule has 0 unspecified atom stereocenters. The molecule has 3 aromatic rings. The highest BCUT2D eigenvalue weighted by atomic mass is 35.5. The minimum absolute atomic E-state index is 0.207. The summed E-state index contributed by atoms with van der Waals surface area (Å²) in [6.45, 7) is 1.56. The predicted molar refractivity (Wildman–Crippen MR) is 132 cm³/mol. The maximum atomic E-state index is 13.3. The Morgan fingerprint density at radius 3 is 2.60 bits per heavy atom. The molecule has 1 atom stereocenters. The Morgan fingerprint density at radius 1 is 1.09 bits per heavy atom. The highest BCUT2D eigenvalue weighted by Crippen LogP contribution is 2.32. The van der Waals surface area contributed by atoms with Crippen molar-refractivity contribution in [1.82, 2.24) is 15.1 Å². The molecule has 180 valence electrons. The summed E-state index contributed by atoms with van der Waals surface area (Å²) in [5.41, 5.74) is 2.93. The van der Waals surface area contributed by atoms with Crippen LogP contribution in [0.5, 0.6) is 0 Å². The second-order valence-corrected chi connectivity index (χ2v) is 9.74. The van der Waals surface area contributed by atoms with Crippen LogP contribution in [0.15, 0.2) is 59.0 Å². The van der Waals surface area contributed by atoms with Crippen molar-refractivity contribution in [2.75, 3.05) is 13.6 Å². The Bertz CT molecular complexity index is 1320. The number of nitrogens with zero attached hydrogens (tertiary/aromatic N) is 2. The van der Waals surface area contributed by atoms with Crippen molar-refractivity contribution in [1.29, 1.82) is 0 Å². The van der Waals surface area contributed by atoms with Gasteiger partial charge in [0.05, 0.1) is 6.54 Å². The molecule has 2 heterocycles. The number of halogens is 1. The Kier molecular flexibility index (Phi) is 5.89. The highest BCUT2D eigenvalue weighted by Gasteiger charge is 2.49. The second kappa shape index (κ2) is 8.89. The predicted octanol–water partition coefficient (Wildman–Crippen LogP) is 4.51. The van der Waals surface area contributed by atoms with E-state index < -0.39 is 17.5 Å². The van der Waals surface area contributed by atoms with Crippen LogP contribution in [0.2, 0.25) is 5.02 Å². The Hall–Kier alpha value is -3.58. The monoisotopic (exact) mass is 491 g/mol. The molecule has 4 amide bonds. The molecule has 1 saturated heterocycles. The van der Waals surface area contributed by atoms with Crippen molar-refractivity contribution >= 4 is 29.4 Å². The lowest BCUT2D eigenvalue weighted by molar-refractivity contribution is -0.138. The minimum atomic E-state index is -1.19. The zero-order valence-electron chi connectivity index (χ0n) is 19.6. The number of nitrogens with one attached hydrogen (secondary N) is 1. The average Bonchev–Trinajstić information content (AvgIpc) is 3.55. The summed E-state index contributed by atoms with van der Waals surface area (Å²) in [5, 5.41) is 3.43. The van der Waals surface area contributed by atoms with Gasteiger partial charge in [0.1, 0.15) is 23.6 Å². The van der Waals surface area contributed by atoms with Gasteiger partial charge < -0.3 is 14.6 Å². The van der Waals surface area contributed by atoms with Gasteiger partial charge in [-0.05, 0) is 79.3 Å². The lowest BCUT2D eigenvalue weighted by Crippen LogP contribution is -2.43. The quantitative estimate of drug-likeness (QED) is 0.514. The van der Waals surface area contributed by atoms with Gasteiger partial charge in [0.15, 0.2) is 0 Å². The maximum absolute atomic E-state index is 13.3. The molecule has 0 radical (unpaired) electrons. The van der Waals surface area contributed by atoms with Gasteiger partial charge in [-0.15, -0.1) is 0 Å². The molecule has 1 aliphatic heterocycles. The number of carbonyl (C=O) groups excluding carboxylic acids is 3. The van der Waals surface area contributed by atoms with Gasteiger partial charge >= 0.3 is 6.03 Å². The normalized spacial score (nSPS) is 19.1. The van der Waals surface area contributed by atoms with Crippen molar-refractivity contribution in [3.63, 3.8) is 0 Å². The summed E-state index contributed by atoms with van der Waals surface area (Å²) in [5.74, 6) is 0.462. The molecule has 35 heavy (non-hydrogen) atoms. The molecular weight excluding hydrogens is 466 g/mol. The third kappa shape index (κ3) is 4.32. The summed E-state index contributed by atoms with van der Waals surface area (Å²) in [6, 6.07) is 16.3. The van der Waals surface area contributed by atoms with E-state index in [9.17, 15) is 14.4 Å². The third-order valence-electron chi connectivity index (χ3n) is 6.85. The molecule has 2 aromatic carbocycles. The molecule has 0 spiro atoms. The molecule has 1 aliphatic carbocycles. The van der Waals surface area contributed by atoms with Gasteiger partial charge in [-0.1, -0.05) is 29.8 Å². The number of rotatable bonds is 6. The number of carbonyl (C=O) groups is 3. The number of urea groups is 1. The van der Waals surface area contributed by atoms with E-state index in [1.807, 2.05) is 36.4 Å². The average molecular weight is 492 g/mol. The number of hydrogen-bond acceptors (Lipinski definition) is 4. The summed E-state index contributed by atoms with van der Waals surface area (Å²) in [6.07, 6.45) is 3.11. The first-order valence-corrected chi connectivity index (χ1v) is 12.0. The smallest absolute Gasteiger partial charge is 0.325 e. The van der Waals surface area contributed by atoms with Crippen molar-refractivity contribution in [3.8, 4) is 11.3 Å². The molecule has 1 aromatic heterocycles. The number of fused-ring (bicyclic) bond motifs is 1. The molecule has 5 rings (SSSR count). The standard InChI is InChI=1S/C27H26ClN3O4/c1-27(20-9-6-17-4-3-5-19(17)14-20)25(33)31(26(34)29-27)16-24(32)30(2)15-22-12-13-23(35-22)18-7-10-21(28)11-8-18/h6-14H,3-5,15-16H2,1-2H3,(H,29,34)/t27-/m0/s1. The third-order valence-corrected chi connectivity index (χ3v) is 7.11. The van der Waals surface area contributed by atoms with Gasteiger partial charge in [-0.3, -0.25) is 14.5 Å². The van der Waals surface area contributed by atoms with Gasteiger partial charge in [-0.25, -0.2) is 4.79 Å². The lowest BCUT2D eigenvalue weighted by Gasteiger charge is -2.23. The van der Waals surface area contributed by atoms with Crippen molar-refractivity contribution < 1.29 is 18.8 Å². The van der Waals surface area contributed by atoms with E-state index in [1.165, 1.54) is 16.0 Å². The molecule has 1 N–H and O–H groups in total. The Balaban J connectivity index is 1.25. The molecule has 0 saturated carbocycles. The first kappa shape index (κ1) is 23.2. The molecule has 2 aliphatic rings. The molecule has 8 heteroatoms. The fourth-order valence-electron chi connectivity index (χ4n) is 4.73. The topological polar surface area (TPSA) is 82.9 Å². The minimum Gasteiger partial charge on any atom is -0.459 e. The first-order chi connectivity index (χ1) is 16.7. The van der Waals surface area contributed by atoms with E-state index in [1.54, 1.807) is 32.2 Å². The summed E-state index contributed by atoms with van der Waals surface area (Å²) < 4.78 is 5.87. The number of imide groups is 1. The number of benzene rings is 2. The fourth-order valence-corrected chi connectivity index (χ4v) is 4.86. The van der Waals surface area contributed by atoms with Crippen molar-refractivity contribution in [3.05, 3.63) is 82.1 Å². The van der Waals surface area contributed by atoms with Crippen molar-refractivity contribution in [2.24, 2.45) is 0 Å². The van der Waals surface area contributed by atoms with Crippen molar-refractivity contribution in [2.45, 2.75) is 38.3 Å². The van der Waals surface area contributed by atoms with Crippen LogP contribution in [0.4, 0.5) is 4.79 Å². The number of hydrogen-bond donors (Lipinski definition) is 1. The highest BCUT2D eigenvalue weighted by molar-refractivity contribution is 6.30. The van der Waals surface area contributed by atoms with E-state index in [4.69, 9.17) is 16.0 Å². The molecule has 7 nitrogen and oxygen atoms in total. The largest absolute Gasteiger partial charge is 0.459 e. The molecule has 1 fully saturated rings. The Morgan fingerprint density at radius 2 is 1.83 bits per heavy atom. The first-order valence-electron chi connectivity index (χ1n) is 11.6. The van der Waals surface area contributed by atoms with Crippen LogP contribution in [0.25, 0.3) is 11.3 Å². The zero-order valence-corrected chi connectivity index (χ0v) is 20.4. The molecular formula is C27H26ClN3O4. The van der Waals surface area contributed by atoms with Crippen LogP contribution in [0, 0.1) is 0 Å². The van der Waals surface area contributed by atoms with Crippen LogP contribution in [0.1, 0.15) is 35.8 Å². The van der Waals surface area contributed by atoms with Crippen LogP contribution in [0.3, 0.4) is 0 Å². The molecule has 0 bridgehead atoms. The van der Waals surface area contributed by atoms with Gasteiger partial charge in [0.2, 0.25) is 5.91 Å². The van der Waals surface area contributed by atoms with E-state index >= 15 is 0 Å². The maximum Gasteiger partial charge on any atom is 0.325 e. The van der Waals surface area contributed by atoms with Crippen LogP contribution in [-0.4, -0.2) is 41.2 Å².